The predicted molar refractivity (Wildman–Crippen MR) is 113 cm³/mol. The van der Waals surface area contributed by atoms with Crippen LogP contribution in [0.25, 0.3) is 0 Å². The van der Waals surface area contributed by atoms with Crippen molar-refractivity contribution in [3.63, 3.8) is 0 Å². The van der Waals surface area contributed by atoms with E-state index in [-0.39, 0.29) is 11.8 Å². The number of unbranched alkanes of at least 4 members (excludes halogenated alkanes) is 1. The second kappa shape index (κ2) is 8.95. The number of likely N-dealkylation sites (tertiary alicyclic amines) is 1. The van der Waals surface area contributed by atoms with Crippen LogP contribution < -0.4 is 10.6 Å². The van der Waals surface area contributed by atoms with Crippen LogP contribution in [0.3, 0.4) is 0 Å². The highest BCUT2D eigenvalue weighted by Gasteiger charge is 2.34. The number of benzene rings is 1. The van der Waals surface area contributed by atoms with Gasteiger partial charge < -0.3 is 15.5 Å². The van der Waals surface area contributed by atoms with Crippen molar-refractivity contribution in [2.45, 2.75) is 50.6 Å². The number of piperidine rings is 1. The summed E-state index contributed by atoms with van der Waals surface area (Å²) in [6.45, 7) is 3.59. The first-order valence-electron chi connectivity index (χ1n) is 10.8. The van der Waals surface area contributed by atoms with E-state index >= 15 is 0 Å². The number of carbonyl (C=O) groups is 2. The normalized spacial score (nSPS) is 20.9. The lowest BCUT2D eigenvalue weighted by Crippen LogP contribution is -2.49. The van der Waals surface area contributed by atoms with E-state index in [0.29, 0.717) is 23.7 Å². The van der Waals surface area contributed by atoms with Gasteiger partial charge in [-0.2, -0.15) is 0 Å². The molecule has 2 fully saturated rings. The summed E-state index contributed by atoms with van der Waals surface area (Å²) in [5, 5.41) is 6.90. The number of amides is 2. The van der Waals surface area contributed by atoms with Crippen LogP contribution in [0.5, 0.6) is 0 Å². The zero-order chi connectivity index (χ0) is 20.2. The second-order valence-electron chi connectivity index (χ2n) is 8.20. The maximum atomic E-state index is 12.4. The average Bonchev–Trinajstić information content (AvgIpc) is 3.57. The molecular formula is C22H31N5O2. The highest BCUT2D eigenvalue weighted by Crippen LogP contribution is 2.29. The molecule has 0 bridgehead atoms. The van der Waals surface area contributed by atoms with Gasteiger partial charge in [-0.15, -0.1) is 0 Å². The Hall–Kier alpha value is -2.41. The van der Waals surface area contributed by atoms with Crippen LogP contribution in [0.15, 0.2) is 29.3 Å². The Morgan fingerprint density at radius 3 is 2.28 bits per heavy atom. The fraction of sp³-hybridized carbons (Fsp3) is 0.591. The van der Waals surface area contributed by atoms with Gasteiger partial charge in [-0.3, -0.25) is 19.5 Å². The fourth-order valence-electron chi connectivity index (χ4n) is 4.28. The number of hydrogen-bond donors (Lipinski definition) is 2. The van der Waals surface area contributed by atoms with Gasteiger partial charge in [0.1, 0.15) is 0 Å². The molecular weight excluding hydrogens is 366 g/mol. The van der Waals surface area contributed by atoms with E-state index < -0.39 is 0 Å². The smallest absolute Gasteiger partial charge is 0.261 e. The molecule has 0 radical (unpaired) electrons. The first-order chi connectivity index (χ1) is 14.2. The summed E-state index contributed by atoms with van der Waals surface area (Å²) in [7, 11) is 1.80. The molecule has 2 amide bonds. The van der Waals surface area contributed by atoms with Crippen LogP contribution in [0.2, 0.25) is 0 Å². The molecule has 1 saturated carbocycles. The maximum Gasteiger partial charge on any atom is 0.261 e. The second-order valence-corrected chi connectivity index (χ2v) is 8.20. The first-order valence-corrected chi connectivity index (χ1v) is 10.8. The van der Waals surface area contributed by atoms with Gasteiger partial charge in [-0.25, -0.2) is 0 Å². The summed E-state index contributed by atoms with van der Waals surface area (Å²) in [6, 6.07) is 8.38. The number of nitrogens with one attached hydrogen (secondary N) is 2. The molecule has 0 unspecified atom stereocenters. The molecule has 4 rings (SSSR count). The Morgan fingerprint density at radius 1 is 1.03 bits per heavy atom. The van der Waals surface area contributed by atoms with Crippen molar-refractivity contribution >= 4 is 17.8 Å². The molecule has 2 heterocycles. The Kier molecular flexibility index (Phi) is 6.13. The Labute approximate surface area is 172 Å². The van der Waals surface area contributed by atoms with E-state index in [1.165, 1.54) is 30.8 Å². The fourth-order valence-corrected chi connectivity index (χ4v) is 4.28. The standard InChI is InChI=1S/C22H31N5O2/c1-23-22(25-16-10-14-26(15-11-16)17-8-9-17)24-12-4-5-13-27-20(28)18-6-2-3-7-19(18)21(27)29/h2-3,6-7,16-17H,4-5,8-15H2,1H3,(H2,23,24,25). The highest BCUT2D eigenvalue weighted by atomic mass is 16.2. The molecule has 29 heavy (non-hydrogen) atoms. The summed E-state index contributed by atoms with van der Waals surface area (Å²) >= 11 is 0. The Morgan fingerprint density at radius 2 is 1.69 bits per heavy atom. The molecule has 156 valence electrons. The monoisotopic (exact) mass is 397 g/mol. The minimum Gasteiger partial charge on any atom is -0.356 e. The molecule has 7 heteroatoms. The van der Waals surface area contributed by atoms with Crippen molar-refractivity contribution in [2.75, 3.05) is 33.2 Å². The van der Waals surface area contributed by atoms with E-state index in [1.807, 2.05) is 0 Å². The van der Waals surface area contributed by atoms with Crippen molar-refractivity contribution in [1.82, 2.24) is 20.4 Å². The lowest BCUT2D eigenvalue weighted by atomic mass is 10.1. The van der Waals surface area contributed by atoms with Gasteiger partial charge in [-0.05, 0) is 50.7 Å². The number of carbonyl (C=O) groups excluding carboxylic acids is 2. The molecule has 1 aromatic carbocycles. The number of aliphatic imine (C=N–C) groups is 1. The van der Waals surface area contributed by atoms with Crippen molar-refractivity contribution < 1.29 is 9.59 Å². The minimum absolute atomic E-state index is 0.173. The predicted octanol–water partition coefficient (Wildman–Crippen LogP) is 1.85. The van der Waals surface area contributed by atoms with Gasteiger partial charge in [0.25, 0.3) is 11.8 Å². The van der Waals surface area contributed by atoms with Crippen molar-refractivity contribution in [1.29, 1.82) is 0 Å². The topological polar surface area (TPSA) is 77.0 Å². The summed E-state index contributed by atoms with van der Waals surface area (Å²) < 4.78 is 0. The molecule has 2 N–H and O–H groups in total. The largest absolute Gasteiger partial charge is 0.356 e. The van der Waals surface area contributed by atoms with Gasteiger partial charge in [0, 0.05) is 45.3 Å². The van der Waals surface area contributed by atoms with Gasteiger partial charge in [0.15, 0.2) is 5.96 Å². The van der Waals surface area contributed by atoms with Crippen LogP contribution in [-0.4, -0.2) is 72.9 Å². The van der Waals surface area contributed by atoms with E-state index in [1.54, 1.807) is 31.3 Å². The SMILES string of the molecule is CN=C(NCCCCN1C(=O)c2ccccc2C1=O)NC1CCN(C2CC2)CC1. The van der Waals surface area contributed by atoms with Crippen LogP contribution >= 0.6 is 0 Å². The maximum absolute atomic E-state index is 12.4. The zero-order valence-corrected chi connectivity index (χ0v) is 17.2. The first kappa shape index (κ1) is 19.9. The summed E-state index contributed by atoms with van der Waals surface area (Å²) in [6.07, 6.45) is 6.72. The molecule has 1 aromatic rings. The van der Waals surface area contributed by atoms with Gasteiger partial charge in [-0.1, -0.05) is 12.1 Å². The molecule has 7 nitrogen and oxygen atoms in total. The molecule has 1 aliphatic carbocycles. The Bertz CT molecular complexity index is 746. The van der Waals surface area contributed by atoms with Crippen LogP contribution in [-0.2, 0) is 0 Å². The lowest BCUT2D eigenvalue weighted by molar-refractivity contribution is 0.0652. The van der Waals surface area contributed by atoms with Gasteiger partial charge >= 0.3 is 0 Å². The summed E-state index contributed by atoms with van der Waals surface area (Å²) in [5.41, 5.74) is 1.04. The molecule has 0 aromatic heterocycles. The van der Waals surface area contributed by atoms with Gasteiger partial charge in [0.2, 0.25) is 0 Å². The van der Waals surface area contributed by atoms with E-state index in [4.69, 9.17) is 0 Å². The number of guanidine groups is 1. The van der Waals surface area contributed by atoms with Crippen LogP contribution in [0.4, 0.5) is 0 Å². The number of fused-ring (bicyclic) bond motifs is 1. The molecule has 2 aliphatic heterocycles. The molecule has 1 saturated heterocycles. The summed E-state index contributed by atoms with van der Waals surface area (Å²) in [4.78, 5) is 33.1. The van der Waals surface area contributed by atoms with E-state index in [9.17, 15) is 9.59 Å². The minimum atomic E-state index is -0.173. The third-order valence-electron chi connectivity index (χ3n) is 6.14. The van der Waals surface area contributed by atoms with Crippen LogP contribution in [0.1, 0.15) is 59.2 Å². The number of rotatable bonds is 7. The molecule has 0 spiro atoms. The number of nitrogens with zero attached hydrogens (tertiary/aromatic N) is 3. The zero-order valence-electron chi connectivity index (χ0n) is 17.2. The third kappa shape index (κ3) is 4.61. The van der Waals surface area contributed by atoms with E-state index in [2.05, 4.69) is 20.5 Å². The Balaban J connectivity index is 1.14. The van der Waals surface area contributed by atoms with Crippen molar-refractivity contribution in [3.05, 3.63) is 35.4 Å². The van der Waals surface area contributed by atoms with Crippen molar-refractivity contribution in [3.8, 4) is 0 Å². The quantitative estimate of drug-likeness (QED) is 0.318. The molecule has 3 aliphatic rings. The van der Waals surface area contributed by atoms with E-state index in [0.717, 1.165) is 44.2 Å². The van der Waals surface area contributed by atoms with Crippen LogP contribution in [0, 0.1) is 0 Å². The number of imide groups is 1. The molecule has 0 atom stereocenters. The average molecular weight is 398 g/mol. The number of hydrogen-bond acceptors (Lipinski definition) is 4. The highest BCUT2D eigenvalue weighted by molar-refractivity contribution is 6.21. The summed E-state index contributed by atoms with van der Waals surface area (Å²) in [5.74, 6) is 0.498. The lowest BCUT2D eigenvalue weighted by Gasteiger charge is -2.33. The third-order valence-corrected chi connectivity index (χ3v) is 6.14. The van der Waals surface area contributed by atoms with Crippen molar-refractivity contribution in [2.24, 2.45) is 4.99 Å². The van der Waals surface area contributed by atoms with Gasteiger partial charge in [0.05, 0.1) is 11.1 Å².